The normalized spacial score (nSPS) is 7.75. The number of hydrogen-bond acceptors (Lipinski definition) is 2. The summed E-state index contributed by atoms with van der Waals surface area (Å²) in [7, 11) is 0. The summed E-state index contributed by atoms with van der Waals surface area (Å²) in [5, 5.41) is 0. The second-order valence-electron chi connectivity index (χ2n) is 2.00. The molecule has 0 aliphatic carbocycles. The van der Waals surface area contributed by atoms with Crippen LogP contribution in [-0.2, 0) is 0 Å². The molecule has 1 aromatic carbocycles. The molecule has 4 heteroatoms. The first kappa shape index (κ1) is 14.0. The highest BCUT2D eigenvalue weighted by Gasteiger charge is 1.88. The first-order valence-electron chi connectivity index (χ1n) is 3.31. The molecule has 0 unspecified atom stereocenters. The lowest BCUT2D eigenvalue weighted by atomic mass is 10.3. The maximum atomic E-state index is 5.47. The molecule has 0 amide bonds. The minimum Gasteiger partial charge on any atom is -0.494 e. The van der Waals surface area contributed by atoms with E-state index in [1.165, 1.54) is 0 Å². The van der Waals surface area contributed by atoms with Crippen LogP contribution >= 0.6 is 24.8 Å². The Bertz CT molecular complexity index is 201. The predicted octanol–water partition coefficient (Wildman–Crippen LogP) is 2.51. The average Bonchev–Trinajstić information content (AvgIpc) is 1.95. The van der Waals surface area contributed by atoms with Crippen LogP contribution in [0.1, 0.15) is 6.92 Å². The highest BCUT2D eigenvalue weighted by Crippen LogP contribution is 2.12. The average molecular weight is 210 g/mol. The summed E-state index contributed by atoms with van der Waals surface area (Å²) >= 11 is 0. The topological polar surface area (TPSA) is 35.2 Å². The van der Waals surface area contributed by atoms with Crippen molar-refractivity contribution in [1.82, 2.24) is 0 Å². The van der Waals surface area contributed by atoms with Gasteiger partial charge in [0.25, 0.3) is 0 Å². The maximum Gasteiger partial charge on any atom is 0.119 e. The van der Waals surface area contributed by atoms with Crippen molar-refractivity contribution in [2.45, 2.75) is 6.92 Å². The molecule has 0 aromatic heterocycles. The van der Waals surface area contributed by atoms with Crippen LogP contribution in [0, 0.1) is 0 Å². The molecule has 0 spiro atoms. The van der Waals surface area contributed by atoms with Gasteiger partial charge >= 0.3 is 0 Å². The molecule has 0 aliphatic rings. The Hall–Kier alpha value is -0.600. The highest BCUT2D eigenvalue weighted by atomic mass is 35.5. The quantitative estimate of drug-likeness (QED) is 0.761. The molecule has 0 fully saturated rings. The van der Waals surface area contributed by atoms with Crippen LogP contribution in [0.15, 0.2) is 24.3 Å². The van der Waals surface area contributed by atoms with Gasteiger partial charge in [-0.3, -0.25) is 0 Å². The monoisotopic (exact) mass is 209 g/mol. The maximum absolute atomic E-state index is 5.47. The third-order valence-corrected chi connectivity index (χ3v) is 1.19. The van der Waals surface area contributed by atoms with Crippen LogP contribution in [0.25, 0.3) is 0 Å². The smallest absolute Gasteiger partial charge is 0.119 e. The third-order valence-electron chi connectivity index (χ3n) is 1.19. The molecule has 1 rings (SSSR count). The van der Waals surface area contributed by atoms with Crippen molar-refractivity contribution in [2.24, 2.45) is 0 Å². The molecule has 0 heterocycles. The summed E-state index contributed by atoms with van der Waals surface area (Å²) in [6.45, 7) is 2.65. The van der Waals surface area contributed by atoms with Crippen LogP contribution in [0.3, 0.4) is 0 Å². The Kier molecular flexibility index (Phi) is 8.22. The summed E-state index contributed by atoms with van der Waals surface area (Å²) in [5.74, 6) is 0.872. The van der Waals surface area contributed by atoms with Crippen LogP contribution < -0.4 is 10.5 Å². The SMILES string of the molecule is CCOc1ccc(N)cc1.Cl.Cl. The lowest BCUT2D eigenvalue weighted by Gasteiger charge is -2.01. The Morgan fingerprint density at radius 1 is 1.17 bits per heavy atom. The van der Waals surface area contributed by atoms with Gasteiger partial charge in [-0.05, 0) is 31.2 Å². The van der Waals surface area contributed by atoms with Crippen molar-refractivity contribution in [3.05, 3.63) is 24.3 Å². The van der Waals surface area contributed by atoms with Crippen molar-refractivity contribution in [3.8, 4) is 5.75 Å². The second-order valence-corrected chi connectivity index (χ2v) is 2.00. The van der Waals surface area contributed by atoms with E-state index in [1.807, 2.05) is 31.2 Å². The molecule has 0 aliphatic heterocycles. The zero-order chi connectivity index (χ0) is 7.40. The van der Waals surface area contributed by atoms with Gasteiger partial charge in [-0.15, -0.1) is 24.8 Å². The Balaban J connectivity index is 0. The molecule has 0 saturated carbocycles. The third kappa shape index (κ3) is 4.31. The number of benzene rings is 1. The minimum atomic E-state index is 0. The number of anilines is 1. The van der Waals surface area contributed by atoms with Crippen LogP contribution in [0.2, 0.25) is 0 Å². The molecule has 0 atom stereocenters. The van der Waals surface area contributed by atoms with Gasteiger partial charge < -0.3 is 10.5 Å². The molecule has 0 radical (unpaired) electrons. The van der Waals surface area contributed by atoms with E-state index in [0.717, 1.165) is 11.4 Å². The minimum absolute atomic E-state index is 0. The van der Waals surface area contributed by atoms with E-state index in [-0.39, 0.29) is 24.8 Å². The van der Waals surface area contributed by atoms with Gasteiger partial charge in [-0.2, -0.15) is 0 Å². The second kappa shape index (κ2) is 7.07. The Morgan fingerprint density at radius 2 is 1.67 bits per heavy atom. The van der Waals surface area contributed by atoms with Gasteiger partial charge in [-0.1, -0.05) is 0 Å². The number of halogens is 2. The van der Waals surface area contributed by atoms with Gasteiger partial charge in [0.1, 0.15) is 5.75 Å². The molecular weight excluding hydrogens is 197 g/mol. The number of nitrogens with two attached hydrogens (primary N) is 1. The Morgan fingerprint density at radius 3 is 2.08 bits per heavy atom. The fourth-order valence-electron chi connectivity index (χ4n) is 0.731. The van der Waals surface area contributed by atoms with E-state index in [9.17, 15) is 0 Å². The molecule has 1 aromatic rings. The summed E-state index contributed by atoms with van der Waals surface area (Å²) in [6, 6.07) is 7.37. The van der Waals surface area contributed by atoms with E-state index >= 15 is 0 Å². The first-order chi connectivity index (χ1) is 4.83. The van der Waals surface area contributed by atoms with Crippen molar-refractivity contribution >= 4 is 30.5 Å². The van der Waals surface area contributed by atoms with Crippen molar-refractivity contribution in [2.75, 3.05) is 12.3 Å². The lowest BCUT2D eigenvalue weighted by molar-refractivity contribution is 0.340. The first-order valence-corrected chi connectivity index (χ1v) is 3.31. The zero-order valence-corrected chi connectivity index (χ0v) is 8.45. The van der Waals surface area contributed by atoms with E-state index in [4.69, 9.17) is 10.5 Å². The van der Waals surface area contributed by atoms with Crippen molar-refractivity contribution < 1.29 is 4.74 Å². The van der Waals surface area contributed by atoms with Gasteiger partial charge in [-0.25, -0.2) is 0 Å². The highest BCUT2D eigenvalue weighted by molar-refractivity contribution is 5.85. The van der Waals surface area contributed by atoms with Crippen molar-refractivity contribution in [1.29, 1.82) is 0 Å². The summed E-state index contributed by atoms with van der Waals surface area (Å²) in [5.41, 5.74) is 6.23. The molecular formula is C8H13Cl2NO. The largest absolute Gasteiger partial charge is 0.494 e. The van der Waals surface area contributed by atoms with E-state index in [0.29, 0.717) is 6.61 Å². The van der Waals surface area contributed by atoms with E-state index in [2.05, 4.69) is 0 Å². The molecule has 0 saturated heterocycles. The van der Waals surface area contributed by atoms with Crippen molar-refractivity contribution in [3.63, 3.8) is 0 Å². The summed E-state index contributed by atoms with van der Waals surface area (Å²) in [6.07, 6.45) is 0. The Labute approximate surface area is 84.9 Å². The standard InChI is InChI=1S/C8H11NO.2ClH/c1-2-10-8-5-3-7(9)4-6-8;;/h3-6H,2,9H2,1H3;2*1H. The fourth-order valence-corrected chi connectivity index (χ4v) is 0.731. The molecule has 2 N–H and O–H groups in total. The van der Waals surface area contributed by atoms with Gasteiger partial charge in [0.15, 0.2) is 0 Å². The number of ether oxygens (including phenoxy) is 1. The molecule has 2 nitrogen and oxygen atoms in total. The van der Waals surface area contributed by atoms with E-state index < -0.39 is 0 Å². The summed E-state index contributed by atoms with van der Waals surface area (Å²) in [4.78, 5) is 0. The van der Waals surface area contributed by atoms with Gasteiger partial charge in [0.05, 0.1) is 6.61 Å². The molecule has 70 valence electrons. The predicted molar refractivity (Wildman–Crippen MR) is 56.5 cm³/mol. The summed E-state index contributed by atoms with van der Waals surface area (Å²) < 4.78 is 5.21. The van der Waals surface area contributed by atoms with Gasteiger partial charge in [0.2, 0.25) is 0 Å². The fraction of sp³-hybridized carbons (Fsp3) is 0.250. The van der Waals surface area contributed by atoms with Crippen LogP contribution in [0.4, 0.5) is 5.69 Å². The lowest BCUT2D eigenvalue weighted by Crippen LogP contribution is -1.91. The number of hydrogen-bond donors (Lipinski definition) is 1. The van der Waals surface area contributed by atoms with Crippen LogP contribution in [0.5, 0.6) is 5.75 Å². The molecule has 12 heavy (non-hydrogen) atoms. The van der Waals surface area contributed by atoms with Gasteiger partial charge in [0, 0.05) is 5.69 Å². The number of nitrogen functional groups attached to an aromatic ring is 1. The zero-order valence-electron chi connectivity index (χ0n) is 6.82. The molecule has 0 bridgehead atoms. The van der Waals surface area contributed by atoms with Crippen LogP contribution in [-0.4, -0.2) is 6.61 Å². The number of rotatable bonds is 2. The van der Waals surface area contributed by atoms with E-state index in [1.54, 1.807) is 0 Å².